The molecule has 0 aromatic heterocycles. The summed E-state index contributed by atoms with van der Waals surface area (Å²) >= 11 is 0. The SMILES string of the molecule is CCN(Cc1ccccc1)C(=O)C(=O)NCCO. The molecule has 0 bridgehead atoms. The van der Waals surface area contributed by atoms with E-state index in [9.17, 15) is 9.59 Å². The van der Waals surface area contributed by atoms with Gasteiger partial charge in [-0.2, -0.15) is 0 Å². The van der Waals surface area contributed by atoms with Crippen LogP contribution in [0.15, 0.2) is 30.3 Å². The number of nitrogens with one attached hydrogen (secondary N) is 1. The predicted molar refractivity (Wildman–Crippen MR) is 67.6 cm³/mol. The smallest absolute Gasteiger partial charge is 0.312 e. The Morgan fingerprint density at radius 3 is 2.50 bits per heavy atom. The molecule has 0 saturated heterocycles. The molecule has 1 rings (SSSR count). The number of hydrogen-bond acceptors (Lipinski definition) is 3. The first-order valence-electron chi connectivity index (χ1n) is 5.91. The molecule has 5 heteroatoms. The third-order valence-corrected chi connectivity index (χ3v) is 2.48. The molecule has 2 amide bonds. The minimum absolute atomic E-state index is 0.0907. The first kappa shape index (κ1) is 14.2. The number of hydrogen-bond donors (Lipinski definition) is 2. The van der Waals surface area contributed by atoms with Crippen LogP contribution in [0.25, 0.3) is 0 Å². The van der Waals surface area contributed by atoms with Crippen molar-refractivity contribution in [1.82, 2.24) is 10.2 Å². The molecule has 0 radical (unpaired) electrons. The summed E-state index contributed by atoms with van der Waals surface area (Å²) in [6.07, 6.45) is 0. The van der Waals surface area contributed by atoms with Crippen molar-refractivity contribution in [3.8, 4) is 0 Å². The molecular formula is C13H18N2O3. The van der Waals surface area contributed by atoms with Crippen LogP contribution in [0.4, 0.5) is 0 Å². The molecule has 0 atom stereocenters. The van der Waals surface area contributed by atoms with E-state index in [1.807, 2.05) is 37.3 Å². The van der Waals surface area contributed by atoms with E-state index in [1.54, 1.807) is 0 Å². The number of benzene rings is 1. The second-order valence-electron chi connectivity index (χ2n) is 3.78. The summed E-state index contributed by atoms with van der Waals surface area (Å²) in [7, 11) is 0. The van der Waals surface area contributed by atoms with Gasteiger partial charge in [-0.1, -0.05) is 30.3 Å². The van der Waals surface area contributed by atoms with Gasteiger partial charge in [0.15, 0.2) is 0 Å². The van der Waals surface area contributed by atoms with Gasteiger partial charge >= 0.3 is 11.8 Å². The molecule has 0 unspecified atom stereocenters. The average molecular weight is 250 g/mol. The fourth-order valence-corrected chi connectivity index (χ4v) is 1.52. The van der Waals surface area contributed by atoms with Gasteiger partial charge in [0, 0.05) is 19.6 Å². The lowest BCUT2D eigenvalue weighted by Crippen LogP contribution is -2.43. The lowest BCUT2D eigenvalue weighted by molar-refractivity contribution is -0.146. The third kappa shape index (κ3) is 4.18. The van der Waals surface area contributed by atoms with Gasteiger partial charge in [-0.05, 0) is 12.5 Å². The van der Waals surface area contributed by atoms with Gasteiger partial charge in [0.05, 0.1) is 6.61 Å². The van der Waals surface area contributed by atoms with Crippen molar-refractivity contribution in [3.05, 3.63) is 35.9 Å². The van der Waals surface area contributed by atoms with Gasteiger partial charge in [-0.25, -0.2) is 0 Å². The number of nitrogens with zero attached hydrogens (tertiary/aromatic N) is 1. The van der Waals surface area contributed by atoms with Gasteiger partial charge in [-0.3, -0.25) is 9.59 Å². The average Bonchev–Trinajstić information content (AvgIpc) is 2.42. The largest absolute Gasteiger partial charge is 0.395 e. The Kier molecular flexibility index (Phi) is 5.87. The van der Waals surface area contributed by atoms with E-state index < -0.39 is 11.8 Å². The molecule has 0 fully saturated rings. The molecule has 0 saturated carbocycles. The van der Waals surface area contributed by atoms with Crippen LogP contribution in [0, 0.1) is 0 Å². The predicted octanol–water partition coefficient (Wildman–Crippen LogP) is 0.144. The van der Waals surface area contributed by atoms with E-state index in [0.717, 1.165) is 5.56 Å². The molecule has 0 aliphatic rings. The number of amides is 2. The number of aliphatic hydroxyl groups excluding tert-OH is 1. The fourth-order valence-electron chi connectivity index (χ4n) is 1.52. The molecule has 18 heavy (non-hydrogen) atoms. The Bertz CT molecular complexity index is 392. The van der Waals surface area contributed by atoms with Crippen LogP contribution in [0.5, 0.6) is 0 Å². The number of likely N-dealkylation sites (N-methyl/N-ethyl adjacent to an activating group) is 1. The van der Waals surface area contributed by atoms with E-state index in [-0.39, 0.29) is 13.2 Å². The van der Waals surface area contributed by atoms with Crippen molar-refractivity contribution >= 4 is 11.8 Å². The maximum atomic E-state index is 11.8. The molecule has 0 heterocycles. The van der Waals surface area contributed by atoms with Gasteiger partial charge in [-0.15, -0.1) is 0 Å². The molecule has 1 aromatic rings. The first-order valence-corrected chi connectivity index (χ1v) is 5.91. The zero-order valence-corrected chi connectivity index (χ0v) is 10.4. The highest BCUT2D eigenvalue weighted by molar-refractivity contribution is 6.34. The topological polar surface area (TPSA) is 69.6 Å². The third-order valence-electron chi connectivity index (χ3n) is 2.48. The summed E-state index contributed by atoms with van der Waals surface area (Å²) < 4.78 is 0. The highest BCUT2D eigenvalue weighted by Gasteiger charge is 2.19. The summed E-state index contributed by atoms with van der Waals surface area (Å²) in [5, 5.41) is 10.9. The Balaban J connectivity index is 2.60. The van der Waals surface area contributed by atoms with Crippen molar-refractivity contribution < 1.29 is 14.7 Å². The summed E-state index contributed by atoms with van der Waals surface area (Å²) in [4.78, 5) is 24.8. The van der Waals surface area contributed by atoms with Crippen molar-refractivity contribution in [2.75, 3.05) is 19.7 Å². The zero-order valence-electron chi connectivity index (χ0n) is 10.4. The lowest BCUT2D eigenvalue weighted by Gasteiger charge is -2.20. The van der Waals surface area contributed by atoms with Crippen LogP contribution in [-0.4, -0.2) is 41.5 Å². The van der Waals surface area contributed by atoms with Crippen molar-refractivity contribution in [2.45, 2.75) is 13.5 Å². The highest BCUT2D eigenvalue weighted by atomic mass is 16.3. The molecule has 2 N–H and O–H groups in total. The number of aliphatic hydroxyl groups is 1. The number of rotatable bonds is 5. The molecule has 0 spiro atoms. The second kappa shape index (κ2) is 7.45. The Labute approximate surface area is 106 Å². The molecule has 1 aromatic carbocycles. The monoisotopic (exact) mass is 250 g/mol. The maximum Gasteiger partial charge on any atom is 0.312 e. The number of carbonyl (C=O) groups is 2. The van der Waals surface area contributed by atoms with Crippen LogP contribution in [0.2, 0.25) is 0 Å². The summed E-state index contributed by atoms with van der Waals surface area (Å²) in [6, 6.07) is 9.48. The van der Waals surface area contributed by atoms with Crippen molar-refractivity contribution in [1.29, 1.82) is 0 Å². The van der Waals surface area contributed by atoms with Crippen molar-refractivity contribution in [2.24, 2.45) is 0 Å². The summed E-state index contributed by atoms with van der Waals surface area (Å²) in [5.74, 6) is -1.25. The summed E-state index contributed by atoms with van der Waals surface area (Å²) in [5.41, 5.74) is 0.975. The van der Waals surface area contributed by atoms with Crippen LogP contribution in [0.1, 0.15) is 12.5 Å². The van der Waals surface area contributed by atoms with Gasteiger partial charge in [0.1, 0.15) is 0 Å². The molecular weight excluding hydrogens is 232 g/mol. The van der Waals surface area contributed by atoms with E-state index in [4.69, 9.17) is 5.11 Å². The first-order chi connectivity index (χ1) is 8.69. The van der Waals surface area contributed by atoms with Crippen LogP contribution in [-0.2, 0) is 16.1 Å². The van der Waals surface area contributed by atoms with Crippen LogP contribution < -0.4 is 5.32 Å². The zero-order chi connectivity index (χ0) is 13.4. The standard InChI is InChI=1S/C13H18N2O3/c1-2-15(10-11-6-4-3-5-7-11)13(18)12(17)14-8-9-16/h3-7,16H,2,8-10H2,1H3,(H,14,17). The number of carbonyl (C=O) groups excluding carboxylic acids is 2. The molecule has 5 nitrogen and oxygen atoms in total. The van der Waals surface area contributed by atoms with E-state index in [0.29, 0.717) is 13.1 Å². The Morgan fingerprint density at radius 2 is 1.94 bits per heavy atom. The normalized spacial score (nSPS) is 9.89. The minimum Gasteiger partial charge on any atom is -0.395 e. The van der Waals surface area contributed by atoms with E-state index in [2.05, 4.69) is 5.32 Å². The second-order valence-corrected chi connectivity index (χ2v) is 3.78. The fraction of sp³-hybridized carbons (Fsp3) is 0.385. The van der Waals surface area contributed by atoms with E-state index in [1.165, 1.54) is 4.90 Å². The summed E-state index contributed by atoms with van der Waals surface area (Å²) in [6.45, 7) is 2.60. The van der Waals surface area contributed by atoms with Gasteiger partial charge in [0.2, 0.25) is 0 Å². The van der Waals surface area contributed by atoms with E-state index >= 15 is 0 Å². The quantitative estimate of drug-likeness (QED) is 0.731. The van der Waals surface area contributed by atoms with Crippen molar-refractivity contribution in [3.63, 3.8) is 0 Å². The molecule has 0 aliphatic heterocycles. The Morgan fingerprint density at radius 1 is 1.28 bits per heavy atom. The molecule has 98 valence electrons. The van der Waals surface area contributed by atoms with Crippen LogP contribution >= 0.6 is 0 Å². The lowest BCUT2D eigenvalue weighted by atomic mass is 10.2. The van der Waals surface area contributed by atoms with Gasteiger partial charge in [0.25, 0.3) is 0 Å². The molecule has 0 aliphatic carbocycles. The van der Waals surface area contributed by atoms with Crippen LogP contribution in [0.3, 0.4) is 0 Å². The minimum atomic E-state index is -0.679. The highest BCUT2D eigenvalue weighted by Crippen LogP contribution is 2.04. The Hall–Kier alpha value is -1.88. The van der Waals surface area contributed by atoms with Gasteiger partial charge < -0.3 is 15.3 Å². The maximum absolute atomic E-state index is 11.8.